The van der Waals surface area contributed by atoms with Gasteiger partial charge < -0.3 is 10.2 Å². The van der Waals surface area contributed by atoms with Crippen LogP contribution in [0.25, 0.3) is 10.8 Å². The van der Waals surface area contributed by atoms with E-state index in [1.165, 1.54) is 29.5 Å². The Morgan fingerprint density at radius 3 is 3.15 bits per heavy atom. The summed E-state index contributed by atoms with van der Waals surface area (Å²) in [5.74, 6) is 0. The van der Waals surface area contributed by atoms with E-state index in [0.29, 0.717) is 11.2 Å². The summed E-state index contributed by atoms with van der Waals surface area (Å²) in [7, 11) is 0. The van der Waals surface area contributed by atoms with Crippen molar-refractivity contribution in [1.82, 2.24) is 10.3 Å². The minimum absolute atomic E-state index is 0.606. The fourth-order valence-corrected chi connectivity index (χ4v) is 3.79. The molecule has 0 bridgehead atoms. The van der Waals surface area contributed by atoms with E-state index in [9.17, 15) is 0 Å². The maximum Gasteiger partial charge on any atom is 0.136 e. The van der Waals surface area contributed by atoms with Crippen LogP contribution in [0.3, 0.4) is 0 Å². The predicted molar refractivity (Wildman–Crippen MR) is 83.7 cm³/mol. The monoisotopic (exact) mass is 287 g/mol. The molecule has 1 aromatic carbocycles. The number of piperidine rings is 1. The first kappa shape index (κ1) is 12.4. The van der Waals surface area contributed by atoms with Crippen LogP contribution in [0.2, 0.25) is 5.15 Å². The van der Waals surface area contributed by atoms with Gasteiger partial charge in [0.2, 0.25) is 0 Å². The SMILES string of the molecule is Clc1ncc2c3c(cccc13)N(C1CCCNC1)CC2. The van der Waals surface area contributed by atoms with Gasteiger partial charge in [-0.2, -0.15) is 0 Å². The smallest absolute Gasteiger partial charge is 0.136 e. The molecule has 0 saturated carbocycles. The molecule has 2 aromatic rings. The van der Waals surface area contributed by atoms with E-state index in [1.807, 2.05) is 6.20 Å². The molecule has 4 rings (SSSR count). The van der Waals surface area contributed by atoms with Crippen LogP contribution in [0.5, 0.6) is 0 Å². The van der Waals surface area contributed by atoms with Crippen LogP contribution in [0, 0.1) is 0 Å². The molecule has 4 heteroatoms. The quantitative estimate of drug-likeness (QED) is 0.817. The average Bonchev–Trinajstić information content (AvgIpc) is 2.52. The zero-order chi connectivity index (χ0) is 13.5. The third-order valence-corrected chi connectivity index (χ3v) is 4.86. The highest BCUT2D eigenvalue weighted by Crippen LogP contribution is 2.37. The number of hydrogen-bond acceptors (Lipinski definition) is 3. The molecule has 1 atom stereocenters. The van der Waals surface area contributed by atoms with Crippen molar-refractivity contribution in [1.29, 1.82) is 0 Å². The minimum Gasteiger partial charge on any atom is -0.366 e. The number of hydrogen-bond donors (Lipinski definition) is 1. The van der Waals surface area contributed by atoms with E-state index in [-0.39, 0.29) is 0 Å². The number of anilines is 1. The summed E-state index contributed by atoms with van der Waals surface area (Å²) < 4.78 is 0. The van der Waals surface area contributed by atoms with Crippen LogP contribution >= 0.6 is 11.6 Å². The lowest BCUT2D eigenvalue weighted by Gasteiger charge is -2.39. The highest BCUT2D eigenvalue weighted by Gasteiger charge is 2.26. The number of halogens is 1. The predicted octanol–water partition coefficient (Wildman–Crippen LogP) is 3.00. The Morgan fingerprint density at radius 2 is 2.30 bits per heavy atom. The largest absolute Gasteiger partial charge is 0.366 e. The zero-order valence-electron chi connectivity index (χ0n) is 11.4. The molecule has 1 N–H and O–H groups in total. The normalized spacial score (nSPS) is 22.2. The van der Waals surface area contributed by atoms with Crippen LogP contribution < -0.4 is 10.2 Å². The molecular formula is C16H18ClN3. The molecule has 0 aliphatic carbocycles. The maximum atomic E-state index is 6.27. The van der Waals surface area contributed by atoms with Crippen LogP contribution in [-0.4, -0.2) is 30.7 Å². The molecule has 104 valence electrons. The summed E-state index contributed by atoms with van der Waals surface area (Å²) in [6.07, 6.45) is 5.55. The highest BCUT2D eigenvalue weighted by atomic mass is 35.5. The Labute approximate surface area is 123 Å². The molecule has 3 heterocycles. The van der Waals surface area contributed by atoms with E-state index in [0.717, 1.165) is 31.4 Å². The molecule has 1 fully saturated rings. The highest BCUT2D eigenvalue weighted by molar-refractivity contribution is 6.34. The van der Waals surface area contributed by atoms with Crippen molar-refractivity contribution in [3.63, 3.8) is 0 Å². The number of benzene rings is 1. The van der Waals surface area contributed by atoms with Gasteiger partial charge in [-0.1, -0.05) is 23.7 Å². The maximum absolute atomic E-state index is 6.27. The first-order chi connectivity index (χ1) is 9.84. The average molecular weight is 288 g/mol. The fourth-order valence-electron chi connectivity index (χ4n) is 3.59. The molecule has 3 nitrogen and oxygen atoms in total. The van der Waals surface area contributed by atoms with Gasteiger partial charge >= 0.3 is 0 Å². The van der Waals surface area contributed by atoms with Crippen molar-refractivity contribution in [3.05, 3.63) is 35.1 Å². The van der Waals surface area contributed by atoms with E-state index in [2.05, 4.69) is 33.4 Å². The minimum atomic E-state index is 0.606. The molecule has 0 radical (unpaired) electrons. The summed E-state index contributed by atoms with van der Waals surface area (Å²) >= 11 is 6.27. The Balaban J connectivity index is 1.85. The number of nitrogens with zero attached hydrogens (tertiary/aromatic N) is 2. The molecule has 1 saturated heterocycles. The summed E-state index contributed by atoms with van der Waals surface area (Å²) in [6, 6.07) is 7.02. The van der Waals surface area contributed by atoms with Gasteiger partial charge in [0, 0.05) is 41.8 Å². The molecule has 2 aliphatic rings. The number of rotatable bonds is 1. The van der Waals surface area contributed by atoms with Crippen molar-refractivity contribution in [3.8, 4) is 0 Å². The van der Waals surface area contributed by atoms with Crippen LogP contribution in [0.1, 0.15) is 18.4 Å². The summed E-state index contributed by atoms with van der Waals surface area (Å²) in [5, 5.41) is 6.54. The van der Waals surface area contributed by atoms with E-state index < -0.39 is 0 Å². The third-order valence-electron chi connectivity index (χ3n) is 4.56. The lowest BCUT2D eigenvalue weighted by atomic mass is 9.95. The second-order valence-electron chi connectivity index (χ2n) is 5.72. The lowest BCUT2D eigenvalue weighted by Crippen LogP contribution is -2.48. The fraction of sp³-hybridized carbons (Fsp3) is 0.438. The topological polar surface area (TPSA) is 28.2 Å². The van der Waals surface area contributed by atoms with E-state index in [4.69, 9.17) is 11.6 Å². The van der Waals surface area contributed by atoms with E-state index >= 15 is 0 Å². The second-order valence-corrected chi connectivity index (χ2v) is 6.08. The molecule has 1 unspecified atom stereocenters. The molecular weight excluding hydrogens is 270 g/mol. The van der Waals surface area contributed by atoms with Crippen molar-refractivity contribution < 1.29 is 0 Å². The first-order valence-electron chi connectivity index (χ1n) is 7.38. The van der Waals surface area contributed by atoms with E-state index in [1.54, 1.807) is 0 Å². The number of nitrogens with one attached hydrogen (secondary N) is 1. The number of aromatic nitrogens is 1. The summed E-state index contributed by atoms with van der Waals surface area (Å²) in [5.41, 5.74) is 2.67. The van der Waals surface area contributed by atoms with Crippen molar-refractivity contribution in [2.45, 2.75) is 25.3 Å². The summed E-state index contributed by atoms with van der Waals surface area (Å²) in [4.78, 5) is 6.89. The van der Waals surface area contributed by atoms with Gasteiger partial charge in [0.25, 0.3) is 0 Å². The molecule has 20 heavy (non-hydrogen) atoms. The molecule has 2 aliphatic heterocycles. The Kier molecular flexibility index (Phi) is 3.04. The van der Waals surface area contributed by atoms with Gasteiger partial charge in [-0.3, -0.25) is 0 Å². The van der Waals surface area contributed by atoms with Gasteiger partial charge in [0.1, 0.15) is 5.15 Å². The van der Waals surface area contributed by atoms with Crippen molar-refractivity contribution >= 4 is 28.1 Å². The van der Waals surface area contributed by atoms with Gasteiger partial charge in [-0.25, -0.2) is 4.98 Å². The van der Waals surface area contributed by atoms with Crippen molar-refractivity contribution in [2.75, 3.05) is 24.5 Å². The van der Waals surface area contributed by atoms with Gasteiger partial charge in [-0.05, 0) is 37.4 Å². The van der Waals surface area contributed by atoms with Crippen LogP contribution in [-0.2, 0) is 6.42 Å². The van der Waals surface area contributed by atoms with Crippen molar-refractivity contribution in [2.24, 2.45) is 0 Å². The standard InChI is InChI=1S/C16H18ClN3/c17-16-13-4-1-5-14-15(13)11(9-19-16)6-8-20(14)12-3-2-7-18-10-12/h1,4-5,9,12,18H,2-3,6-8,10H2. The lowest BCUT2D eigenvalue weighted by molar-refractivity contribution is 0.431. The Hall–Kier alpha value is -1.32. The molecule has 1 aromatic heterocycles. The zero-order valence-corrected chi connectivity index (χ0v) is 12.2. The Bertz CT molecular complexity index is 649. The molecule has 0 amide bonds. The first-order valence-corrected chi connectivity index (χ1v) is 7.76. The van der Waals surface area contributed by atoms with Crippen LogP contribution in [0.4, 0.5) is 5.69 Å². The Morgan fingerprint density at radius 1 is 1.35 bits per heavy atom. The third kappa shape index (κ3) is 1.88. The van der Waals surface area contributed by atoms with Crippen LogP contribution in [0.15, 0.2) is 24.4 Å². The second kappa shape index (κ2) is 4.90. The summed E-state index contributed by atoms with van der Waals surface area (Å²) in [6.45, 7) is 3.33. The van der Waals surface area contributed by atoms with Gasteiger partial charge in [0.05, 0.1) is 0 Å². The number of pyridine rings is 1. The molecule has 0 spiro atoms. The van der Waals surface area contributed by atoms with Gasteiger partial charge in [0.15, 0.2) is 0 Å². The van der Waals surface area contributed by atoms with Gasteiger partial charge in [-0.15, -0.1) is 0 Å².